The lowest BCUT2D eigenvalue weighted by Crippen LogP contribution is -2.23. The Labute approximate surface area is 165 Å². The second-order valence-corrected chi connectivity index (χ2v) is 6.61. The van der Waals surface area contributed by atoms with E-state index in [0.29, 0.717) is 16.7 Å². The van der Waals surface area contributed by atoms with Crippen LogP contribution in [0.2, 0.25) is 0 Å². The molecule has 9 heteroatoms. The Hall–Kier alpha value is -3.49. The summed E-state index contributed by atoms with van der Waals surface area (Å²) in [7, 11) is 3.24. The van der Waals surface area contributed by atoms with Crippen LogP contribution in [0.1, 0.15) is 16.7 Å². The summed E-state index contributed by atoms with van der Waals surface area (Å²) in [6, 6.07) is 7.01. The third-order valence-corrected chi connectivity index (χ3v) is 4.06. The van der Waals surface area contributed by atoms with Gasteiger partial charge in [-0.05, 0) is 48.4 Å². The van der Waals surface area contributed by atoms with Gasteiger partial charge in [-0.2, -0.15) is 13.2 Å². The summed E-state index contributed by atoms with van der Waals surface area (Å²) < 4.78 is 40.6. The lowest BCUT2D eigenvalue weighted by atomic mass is 10.1. The minimum absolute atomic E-state index is 0.127. The zero-order chi connectivity index (χ0) is 21.2. The molecule has 0 fully saturated rings. The first kappa shape index (κ1) is 20.2. The molecule has 0 saturated heterocycles. The summed E-state index contributed by atoms with van der Waals surface area (Å²) in [6.07, 6.45) is 1.48. The van der Waals surface area contributed by atoms with E-state index in [-0.39, 0.29) is 17.3 Å². The molecule has 0 bridgehead atoms. The quantitative estimate of drug-likeness (QED) is 0.625. The number of carbonyl (C=O) groups is 1. The van der Waals surface area contributed by atoms with Crippen molar-refractivity contribution in [2.24, 2.45) is 0 Å². The van der Waals surface area contributed by atoms with Crippen molar-refractivity contribution in [3.63, 3.8) is 0 Å². The standard InChI is InChI=1S/C20H18F3N5O/c1-13-8-15(10-16(9-13)20(21,22)23)18-25-12-28(26-18)11-17(19(29)27(2)3)14-4-6-24-7-5-14/h4-12H,1-3H3/b17-11+. The highest BCUT2D eigenvalue weighted by Crippen LogP contribution is 2.32. The van der Waals surface area contributed by atoms with E-state index >= 15 is 0 Å². The van der Waals surface area contributed by atoms with Crippen molar-refractivity contribution in [1.82, 2.24) is 24.6 Å². The van der Waals surface area contributed by atoms with Crippen LogP contribution < -0.4 is 0 Å². The molecule has 1 amide bonds. The van der Waals surface area contributed by atoms with Crippen LogP contribution in [0, 0.1) is 6.92 Å². The number of amides is 1. The maximum Gasteiger partial charge on any atom is 0.416 e. The molecular weight excluding hydrogens is 383 g/mol. The number of likely N-dealkylation sites (N-methyl/N-ethyl adjacent to an activating group) is 1. The highest BCUT2D eigenvalue weighted by molar-refractivity contribution is 6.22. The number of benzene rings is 1. The minimum atomic E-state index is -4.46. The molecule has 0 spiro atoms. The van der Waals surface area contributed by atoms with Crippen molar-refractivity contribution in [2.45, 2.75) is 13.1 Å². The number of hydrogen-bond donors (Lipinski definition) is 0. The first-order valence-corrected chi connectivity index (χ1v) is 8.59. The Balaban J connectivity index is 2.02. The molecule has 0 aliphatic heterocycles. The molecule has 3 aromatic rings. The molecule has 6 nitrogen and oxygen atoms in total. The van der Waals surface area contributed by atoms with Crippen LogP contribution in [0.25, 0.3) is 23.2 Å². The van der Waals surface area contributed by atoms with Gasteiger partial charge in [0.05, 0.1) is 11.1 Å². The highest BCUT2D eigenvalue weighted by Gasteiger charge is 2.31. The molecule has 0 aliphatic rings. The predicted molar refractivity (Wildman–Crippen MR) is 102 cm³/mol. The number of alkyl halides is 3. The number of rotatable bonds is 4. The number of hydrogen-bond acceptors (Lipinski definition) is 4. The van der Waals surface area contributed by atoms with Crippen LogP contribution in [-0.4, -0.2) is 44.7 Å². The van der Waals surface area contributed by atoms with E-state index in [1.165, 1.54) is 22.1 Å². The number of aryl methyl sites for hydroxylation is 1. The van der Waals surface area contributed by atoms with Gasteiger partial charge in [0.25, 0.3) is 5.91 Å². The first-order chi connectivity index (χ1) is 13.6. The lowest BCUT2D eigenvalue weighted by Gasteiger charge is -2.13. The van der Waals surface area contributed by atoms with Crippen molar-refractivity contribution in [3.8, 4) is 11.4 Å². The Morgan fingerprint density at radius 3 is 2.45 bits per heavy atom. The lowest BCUT2D eigenvalue weighted by molar-refractivity contribution is -0.137. The van der Waals surface area contributed by atoms with Crippen molar-refractivity contribution in [3.05, 3.63) is 65.7 Å². The fraction of sp³-hybridized carbons (Fsp3) is 0.200. The Kier molecular flexibility index (Phi) is 5.49. The third-order valence-electron chi connectivity index (χ3n) is 4.06. The van der Waals surface area contributed by atoms with Crippen LogP contribution in [0.4, 0.5) is 13.2 Å². The van der Waals surface area contributed by atoms with Gasteiger partial charge in [0, 0.05) is 38.3 Å². The smallest absolute Gasteiger partial charge is 0.345 e. The second-order valence-electron chi connectivity index (χ2n) is 6.61. The molecule has 0 radical (unpaired) electrons. The molecule has 29 heavy (non-hydrogen) atoms. The average Bonchev–Trinajstić information content (AvgIpc) is 3.14. The zero-order valence-corrected chi connectivity index (χ0v) is 16.0. The largest absolute Gasteiger partial charge is 0.416 e. The Morgan fingerprint density at radius 1 is 1.14 bits per heavy atom. The zero-order valence-electron chi connectivity index (χ0n) is 16.0. The van der Waals surface area contributed by atoms with Gasteiger partial charge in [-0.15, -0.1) is 5.10 Å². The molecule has 2 aromatic heterocycles. The van der Waals surface area contributed by atoms with Gasteiger partial charge in [-0.1, -0.05) is 0 Å². The van der Waals surface area contributed by atoms with Crippen LogP contribution in [0.15, 0.2) is 49.1 Å². The number of halogens is 3. The number of pyridine rings is 1. The first-order valence-electron chi connectivity index (χ1n) is 8.59. The molecule has 2 heterocycles. The highest BCUT2D eigenvalue weighted by atomic mass is 19.4. The molecule has 0 N–H and O–H groups in total. The molecular formula is C20H18F3N5O. The van der Waals surface area contributed by atoms with Crippen LogP contribution in [-0.2, 0) is 11.0 Å². The van der Waals surface area contributed by atoms with Gasteiger partial charge in [0.1, 0.15) is 6.33 Å². The molecule has 0 aliphatic carbocycles. The predicted octanol–water partition coefficient (Wildman–Crippen LogP) is 3.75. The number of carbonyl (C=O) groups excluding carboxylic acids is 1. The molecule has 3 rings (SSSR count). The SMILES string of the molecule is Cc1cc(-c2ncn(/C=C(/C(=O)N(C)C)c3ccncc3)n2)cc(C(F)(F)F)c1. The Morgan fingerprint density at radius 2 is 1.83 bits per heavy atom. The molecule has 0 saturated carbocycles. The second kappa shape index (κ2) is 7.86. The summed E-state index contributed by atoms with van der Waals surface area (Å²) in [5, 5.41) is 4.23. The van der Waals surface area contributed by atoms with Gasteiger partial charge >= 0.3 is 6.18 Å². The summed E-state index contributed by atoms with van der Waals surface area (Å²) in [5.41, 5.74) is 0.898. The van der Waals surface area contributed by atoms with E-state index in [1.54, 1.807) is 51.6 Å². The van der Waals surface area contributed by atoms with E-state index in [0.717, 1.165) is 12.1 Å². The van der Waals surface area contributed by atoms with E-state index in [1.807, 2.05) is 0 Å². The number of nitrogens with zero attached hydrogens (tertiary/aromatic N) is 5. The third kappa shape index (κ3) is 4.68. The van der Waals surface area contributed by atoms with Gasteiger partial charge < -0.3 is 4.90 Å². The normalized spacial score (nSPS) is 12.1. The molecule has 150 valence electrons. The van der Waals surface area contributed by atoms with E-state index < -0.39 is 11.7 Å². The molecule has 0 unspecified atom stereocenters. The monoisotopic (exact) mass is 401 g/mol. The minimum Gasteiger partial charge on any atom is -0.345 e. The maximum atomic E-state index is 13.1. The fourth-order valence-corrected chi connectivity index (χ4v) is 2.70. The van der Waals surface area contributed by atoms with Crippen LogP contribution in [0.5, 0.6) is 0 Å². The van der Waals surface area contributed by atoms with Gasteiger partial charge in [0.2, 0.25) is 0 Å². The van der Waals surface area contributed by atoms with Gasteiger partial charge in [-0.25, -0.2) is 9.67 Å². The Bertz CT molecular complexity index is 1060. The van der Waals surface area contributed by atoms with Crippen molar-refractivity contribution < 1.29 is 18.0 Å². The summed E-state index contributed by atoms with van der Waals surface area (Å²) in [4.78, 5) is 22.0. The van der Waals surface area contributed by atoms with E-state index in [9.17, 15) is 18.0 Å². The topological polar surface area (TPSA) is 63.9 Å². The summed E-state index contributed by atoms with van der Waals surface area (Å²) in [6.45, 7) is 1.58. The summed E-state index contributed by atoms with van der Waals surface area (Å²) in [5.74, 6) is -0.134. The van der Waals surface area contributed by atoms with Crippen molar-refractivity contribution >= 4 is 17.7 Å². The van der Waals surface area contributed by atoms with E-state index in [4.69, 9.17) is 0 Å². The average molecular weight is 401 g/mol. The number of aromatic nitrogens is 4. The van der Waals surface area contributed by atoms with Crippen LogP contribution >= 0.6 is 0 Å². The fourth-order valence-electron chi connectivity index (χ4n) is 2.70. The van der Waals surface area contributed by atoms with Crippen molar-refractivity contribution in [2.75, 3.05) is 14.1 Å². The van der Waals surface area contributed by atoms with Crippen molar-refractivity contribution in [1.29, 1.82) is 0 Å². The van der Waals surface area contributed by atoms with Gasteiger partial charge in [-0.3, -0.25) is 9.78 Å². The maximum absolute atomic E-state index is 13.1. The molecule has 1 aromatic carbocycles. The molecule has 0 atom stereocenters. The van der Waals surface area contributed by atoms with Crippen LogP contribution in [0.3, 0.4) is 0 Å². The van der Waals surface area contributed by atoms with Gasteiger partial charge in [0.15, 0.2) is 5.82 Å². The van der Waals surface area contributed by atoms with E-state index in [2.05, 4.69) is 15.1 Å². The summed E-state index contributed by atoms with van der Waals surface area (Å²) >= 11 is 0.